The van der Waals surface area contributed by atoms with E-state index in [1.54, 1.807) is 0 Å². The van der Waals surface area contributed by atoms with Crippen molar-refractivity contribution in [3.63, 3.8) is 0 Å². The van der Waals surface area contributed by atoms with Gasteiger partial charge in [-0.05, 0) is 51.2 Å². The van der Waals surface area contributed by atoms with E-state index in [4.69, 9.17) is 9.47 Å². The Bertz CT molecular complexity index is 505. The molecule has 2 N–H and O–H groups in total. The number of para-hydroxylation sites is 1. The molecule has 1 aromatic rings. The second kappa shape index (κ2) is 8.20. The molecule has 1 aliphatic heterocycles. The van der Waals surface area contributed by atoms with E-state index in [-0.39, 0.29) is 0 Å². The van der Waals surface area contributed by atoms with Gasteiger partial charge in [-0.2, -0.15) is 0 Å². The average molecular weight is 320 g/mol. The van der Waals surface area contributed by atoms with Crippen LogP contribution in [0.2, 0.25) is 0 Å². The Balaban J connectivity index is 1.85. The van der Waals surface area contributed by atoms with Crippen molar-refractivity contribution in [2.24, 2.45) is 5.92 Å². The molecule has 0 saturated carbocycles. The van der Waals surface area contributed by atoms with Crippen molar-refractivity contribution >= 4 is 11.8 Å². The van der Waals surface area contributed by atoms with Gasteiger partial charge >= 0.3 is 6.09 Å². The smallest absolute Gasteiger partial charge is 0.407 e. The van der Waals surface area contributed by atoms with Gasteiger partial charge in [0.2, 0.25) is 0 Å². The van der Waals surface area contributed by atoms with Crippen LogP contribution in [0.15, 0.2) is 24.3 Å². The molecule has 1 aromatic carbocycles. The summed E-state index contributed by atoms with van der Waals surface area (Å²) >= 11 is 0. The van der Waals surface area contributed by atoms with Crippen molar-refractivity contribution in [2.75, 3.05) is 25.1 Å². The highest BCUT2D eigenvalue weighted by atomic mass is 16.6. The summed E-state index contributed by atoms with van der Waals surface area (Å²) in [5.74, 6) is 0.552. The first-order valence-corrected chi connectivity index (χ1v) is 8.30. The molecular weight excluding hydrogens is 292 g/mol. The first-order valence-electron chi connectivity index (χ1n) is 8.30. The number of anilines is 1. The van der Waals surface area contributed by atoms with Gasteiger partial charge < -0.3 is 20.1 Å². The lowest BCUT2D eigenvalue weighted by atomic mass is 10.0. The molecule has 128 valence electrons. The Morgan fingerprint density at radius 3 is 2.83 bits per heavy atom. The standard InChI is InChI=1S/C18H28N2O3/c1-18(2,3)23-17(21)20-12-15-8-4-5-9-16(15)19-11-14-7-6-10-22-13-14/h4-5,8-9,14,19H,6-7,10-13H2,1-3H3,(H,20,21). The zero-order valence-corrected chi connectivity index (χ0v) is 14.4. The first kappa shape index (κ1) is 17.6. The molecule has 5 heteroatoms. The third kappa shape index (κ3) is 6.48. The highest BCUT2D eigenvalue weighted by Crippen LogP contribution is 2.18. The summed E-state index contributed by atoms with van der Waals surface area (Å²) in [5.41, 5.74) is 1.62. The molecule has 23 heavy (non-hydrogen) atoms. The Morgan fingerprint density at radius 1 is 1.35 bits per heavy atom. The van der Waals surface area contributed by atoms with Gasteiger partial charge in [0.05, 0.1) is 6.61 Å². The molecule has 1 atom stereocenters. The van der Waals surface area contributed by atoms with E-state index in [9.17, 15) is 4.79 Å². The monoisotopic (exact) mass is 320 g/mol. The van der Waals surface area contributed by atoms with Gasteiger partial charge in [0, 0.05) is 25.4 Å². The van der Waals surface area contributed by atoms with Crippen LogP contribution in [-0.4, -0.2) is 31.5 Å². The Labute approximate surface area is 138 Å². The maximum Gasteiger partial charge on any atom is 0.407 e. The summed E-state index contributed by atoms with van der Waals surface area (Å²) < 4.78 is 10.8. The van der Waals surface area contributed by atoms with Crippen molar-refractivity contribution in [3.05, 3.63) is 29.8 Å². The number of carbonyl (C=O) groups excluding carboxylic acids is 1. The second-order valence-corrected chi connectivity index (χ2v) is 6.98. The molecule has 0 radical (unpaired) electrons. The molecule has 1 unspecified atom stereocenters. The minimum absolute atomic E-state index is 0.395. The number of benzene rings is 1. The quantitative estimate of drug-likeness (QED) is 0.871. The molecule has 0 aromatic heterocycles. The Morgan fingerprint density at radius 2 is 2.13 bits per heavy atom. The number of alkyl carbamates (subject to hydrolysis) is 1. The highest BCUT2D eigenvalue weighted by molar-refractivity contribution is 5.68. The number of carbonyl (C=O) groups is 1. The summed E-state index contributed by atoms with van der Waals surface area (Å²) in [6.07, 6.45) is 1.94. The van der Waals surface area contributed by atoms with Crippen LogP contribution in [0.1, 0.15) is 39.2 Å². The molecular formula is C18H28N2O3. The van der Waals surface area contributed by atoms with Crippen molar-refractivity contribution in [1.29, 1.82) is 0 Å². The average Bonchev–Trinajstić information content (AvgIpc) is 2.51. The van der Waals surface area contributed by atoms with Crippen LogP contribution in [0.25, 0.3) is 0 Å². The van der Waals surface area contributed by atoms with Crippen LogP contribution >= 0.6 is 0 Å². The third-order valence-corrected chi connectivity index (χ3v) is 3.68. The van der Waals surface area contributed by atoms with E-state index in [0.29, 0.717) is 12.5 Å². The molecule has 5 nitrogen and oxygen atoms in total. The van der Waals surface area contributed by atoms with Crippen LogP contribution in [0, 0.1) is 5.92 Å². The zero-order valence-electron chi connectivity index (χ0n) is 14.4. The van der Waals surface area contributed by atoms with Gasteiger partial charge in [-0.15, -0.1) is 0 Å². The van der Waals surface area contributed by atoms with Gasteiger partial charge in [-0.1, -0.05) is 18.2 Å². The summed E-state index contributed by atoms with van der Waals surface area (Å²) in [5, 5.41) is 6.29. The largest absolute Gasteiger partial charge is 0.444 e. The summed E-state index contributed by atoms with van der Waals surface area (Å²) in [4.78, 5) is 11.8. The number of hydrogen-bond donors (Lipinski definition) is 2. The molecule has 0 bridgehead atoms. The Kier molecular flexibility index (Phi) is 6.28. The number of amides is 1. The predicted octanol–water partition coefficient (Wildman–Crippen LogP) is 3.55. The van der Waals surface area contributed by atoms with Gasteiger partial charge in [-0.25, -0.2) is 4.79 Å². The molecule has 1 aliphatic rings. The maximum atomic E-state index is 11.8. The van der Waals surface area contributed by atoms with Crippen LogP contribution in [0.3, 0.4) is 0 Å². The first-order chi connectivity index (χ1) is 10.9. The van der Waals surface area contributed by atoms with Crippen LogP contribution < -0.4 is 10.6 Å². The fraction of sp³-hybridized carbons (Fsp3) is 0.611. The van der Waals surface area contributed by atoms with E-state index in [2.05, 4.69) is 10.6 Å². The molecule has 1 amide bonds. The van der Waals surface area contributed by atoms with Crippen molar-refractivity contribution < 1.29 is 14.3 Å². The molecule has 1 heterocycles. The van der Waals surface area contributed by atoms with E-state index in [1.165, 1.54) is 6.42 Å². The summed E-state index contributed by atoms with van der Waals surface area (Å²) in [6.45, 7) is 8.61. The number of nitrogens with one attached hydrogen (secondary N) is 2. The van der Waals surface area contributed by atoms with Gasteiger partial charge in [-0.3, -0.25) is 0 Å². The predicted molar refractivity (Wildman–Crippen MR) is 91.5 cm³/mol. The minimum Gasteiger partial charge on any atom is -0.444 e. The number of rotatable bonds is 5. The molecule has 1 fully saturated rings. The van der Waals surface area contributed by atoms with E-state index < -0.39 is 11.7 Å². The van der Waals surface area contributed by atoms with Crippen LogP contribution in [0.5, 0.6) is 0 Å². The van der Waals surface area contributed by atoms with E-state index in [0.717, 1.165) is 37.4 Å². The maximum absolute atomic E-state index is 11.8. The zero-order chi connectivity index (χ0) is 16.7. The fourth-order valence-corrected chi connectivity index (χ4v) is 2.55. The van der Waals surface area contributed by atoms with Crippen molar-refractivity contribution in [3.8, 4) is 0 Å². The number of ether oxygens (including phenoxy) is 2. The summed E-state index contributed by atoms with van der Waals surface area (Å²) in [6, 6.07) is 8.02. The lowest BCUT2D eigenvalue weighted by Crippen LogP contribution is -2.32. The fourth-order valence-electron chi connectivity index (χ4n) is 2.55. The SMILES string of the molecule is CC(C)(C)OC(=O)NCc1ccccc1NCC1CCCOC1. The van der Waals surface area contributed by atoms with Gasteiger partial charge in [0.25, 0.3) is 0 Å². The third-order valence-electron chi connectivity index (χ3n) is 3.68. The lowest BCUT2D eigenvalue weighted by molar-refractivity contribution is 0.0523. The normalized spacial score (nSPS) is 18.3. The molecule has 0 aliphatic carbocycles. The molecule has 0 spiro atoms. The van der Waals surface area contributed by atoms with Crippen molar-refractivity contribution in [1.82, 2.24) is 5.32 Å². The van der Waals surface area contributed by atoms with Crippen LogP contribution in [-0.2, 0) is 16.0 Å². The molecule has 1 saturated heterocycles. The van der Waals surface area contributed by atoms with E-state index >= 15 is 0 Å². The highest BCUT2D eigenvalue weighted by Gasteiger charge is 2.17. The van der Waals surface area contributed by atoms with Gasteiger partial charge in [0.1, 0.15) is 5.60 Å². The minimum atomic E-state index is -0.483. The second-order valence-electron chi connectivity index (χ2n) is 6.98. The van der Waals surface area contributed by atoms with Crippen LogP contribution in [0.4, 0.5) is 10.5 Å². The lowest BCUT2D eigenvalue weighted by Gasteiger charge is -2.23. The van der Waals surface area contributed by atoms with Gasteiger partial charge in [0.15, 0.2) is 0 Å². The Hall–Kier alpha value is -1.75. The molecule has 2 rings (SSSR count). The van der Waals surface area contributed by atoms with E-state index in [1.807, 2.05) is 45.0 Å². The number of hydrogen-bond acceptors (Lipinski definition) is 4. The van der Waals surface area contributed by atoms with Crippen molar-refractivity contribution in [2.45, 2.75) is 45.8 Å². The summed E-state index contributed by atoms with van der Waals surface area (Å²) in [7, 11) is 0. The topological polar surface area (TPSA) is 59.6 Å².